The standard InChI is InChI=1S/C16H21N3O9.C15H22O9.C14H17N3O8.C14H18O9.C14H20O9.C13H16O10/c20-5-11-13(24)14(25)15(26)16(28-11)27-6-8-4-19(18-17-8)3-7-1-9(21)12(23)10(22)2-7;16-6-10-12(20)13(21)14(22)15(24-10)23-3-1-2-7-4-8(17)11(19)9(18)5-7;18-4-9-11(22)12(23)13(24)14(25-9)17-3-6(15-16-17)5-1-7(19)10(21)8(20)2-5;15-4-10-13(21)14(22)12(20)9(23-10)3-6(16)5-1-7(17)11(19)8(18)2-5;15-5-9-11(19)12(20)13(21)14(23-9)22-2-1-6-3-7(16)10(18)8(17)4-6;14-3-7-9(18)10(19)11(20)13(22-7)23-12(21)4-1-5(15)8(17)6(16)2-4/h1-2,4,11,13-16,20-26H,3,5-6H2;4-5,10,12-22H,1-3,6H2;1-3,9,11-14,18-24H,4H2;1-2,9-10,12-15,17-22H,3-4H2;3-4,9,11-21H,1-2,5H2;1-2,7,9-11,13-20H,3H2/t11?,13-,14+,15?,16-;10?,12-,13+,14?,15-;9?,11-,12+,13?,14-;9-,10?,12?,13+,14+;9?,11-,12+,13?,14-;7?,9-,10+,11?,13+/m111011/s1. The van der Waals surface area contributed by atoms with Crippen molar-refractivity contribution in [1.82, 2.24) is 30.0 Å². The number of ether oxygens (including phenoxy) is 10. The molecule has 30 atom stereocenters. The average molecular weight is 2100 g/mol. The van der Waals surface area contributed by atoms with Gasteiger partial charge in [-0.1, -0.05) is 10.4 Å². The molecule has 0 radical (unpaired) electrons. The van der Waals surface area contributed by atoms with E-state index in [4.69, 9.17) is 72.9 Å². The van der Waals surface area contributed by atoms with E-state index in [0.29, 0.717) is 35.2 Å². The van der Waals surface area contributed by atoms with E-state index < -0.39 is 345 Å². The summed E-state index contributed by atoms with van der Waals surface area (Å²) in [7, 11) is 0. The second-order valence-electron chi connectivity index (χ2n) is 33.3. The van der Waals surface area contributed by atoms with Gasteiger partial charge in [0, 0.05) is 17.5 Å². The van der Waals surface area contributed by atoms with Gasteiger partial charge in [-0.15, -0.1) is 10.2 Å². The quantitative estimate of drug-likeness (QED) is 0.00984. The third kappa shape index (κ3) is 28.8. The van der Waals surface area contributed by atoms with Crippen LogP contribution in [0.3, 0.4) is 0 Å². The Kier molecular flexibility index (Phi) is 42.1. The largest absolute Gasteiger partial charge is 0.504 e. The van der Waals surface area contributed by atoms with Crippen LogP contribution in [-0.4, -0.2) is 487 Å². The lowest BCUT2D eigenvalue weighted by Gasteiger charge is -2.39. The number of nitrogens with zero attached hydrogens (tertiary/aromatic N) is 6. The number of phenols is 18. The molecule has 6 aromatic carbocycles. The Bertz CT molecular complexity index is 5300. The van der Waals surface area contributed by atoms with Gasteiger partial charge in [0.05, 0.1) is 90.1 Å². The topological polar surface area (TPSA) is 1040 Å². The lowest BCUT2D eigenvalue weighted by Crippen LogP contribution is -2.59. The second-order valence-corrected chi connectivity index (χ2v) is 33.3. The fourth-order valence-electron chi connectivity index (χ4n) is 14.6. The van der Waals surface area contributed by atoms with Gasteiger partial charge >= 0.3 is 5.97 Å². The van der Waals surface area contributed by atoms with Crippen molar-refractivity contribution in [2.75, 3.05) is 52.9 Å². The van der Waals surface area contributed by atoms with Crippen LogP contribution in [0.15, 0.2) is 85.2 Å². The van der Waals surface area contributed by atoms with Crippen molar-refractivity contribution in [2.24, 2.45) is 0 Å². The summed E-state index contributed by atoms with van der Waals surface area (Å²) in [4.78, 5) is 24.1. The number of aromatic hydroxyl groups is 18. The molecule has 0 bridgehead atoms. The van der Waals surface area contributed by atoms with Crippen LogP contribution in [0.25, 0.3) is 11.3 Å². The summed E-state index contributed by atoms with van der Waals surface area (Å²) in [6.07, 6.45) is -38.9. The van der Waals surface area contributed by atoms with Crippen LogP contribution in [0.2, 0.25) is 0 Å². The Labute approximate surface area is 819 Å². The molecule has 8 heterocycles. The monoisotopic (exact) mass is 2090 g/mol. The predicted molar refractivity (Wildman–Crippen MR) is 468 cm³/mol. The fraction of sp³-hybridized carbons (Fsp3) is 0.512. The van der Waals surface area contributed by atoms with Gasteiger partial charge in [0.15, 0.2) is 134 Å². The van der Waals surface area contributed by atoms with Crippen molar-refractivity contribution in [2.45, 2.75) is 223 Å². The number of aryl methyl sites for hydroxylation is 1. The molecule has 12 unspecified atom stereocenters. The summed E-state index contributed by atoms with van der Waals surface area (Å²) >= 11 is 0. The summed E-state index contributed by atoms with van der Waals surface area (Å²) in [6, 6.07) is 13.4. The van der Waals surface area contributed by atoms with Crippen molar-refractivity contribution in [3.63, 3.8) is 0 Å². The van der Waals surface area contributed by atoms with Gasteiger partial charge in [-0.2, -0.15) is 0 Å². The zero-order valence-electron chi connectivity index (χ0n) is 75.7. The molecule has 8 aromatic rings. The average Bonchev–Trinajstić information content (AvgIpc) is 1.72. The van der Waals surface area contributed by atoms with E-state index in [-0.39, 0.29) is 55.2 Å². The van der Waals surface area contributed by atoms with Crippen molar-refractivity contribution in [1.29, 1.82) is 0 Å². The van der Waals surface area contributed by atoms with E-state index in [0.717, 1.165) is 41.1 Å². The molecule has 0 amide bonds. The number of rotatable bonds is 27. The molecule has 0 saturated carbocycles. The van der Waals surface area contributed by atoms with Crippen molar-refractivity contribution in [3.8, 4) is 115 Å². The van der Waals surface area contributed by atoms with Crippen molar-refractivity contribution < 1.29 is 271 Å². The highest BCUT2D eigenvalue weighted by Gasteiger charge is 2.51. The molecule has 6 aliphatic heterocycles. The molecule has 812 valence electrons. The minimum atomic E-state index is -1.78. The number of Topliss-reactive ketones (excluding diaryl/α,β-unsaturated/α-hetero) is 1. The lowest BCUT2D eigenvalue weighted by molar-refractivity contribution is -0.304. The number of phenolic OH excluding ortho intramolecular Hbond substituents is 18. The Balaban J connectivity index is 0.000000195. The van der Waals surface area contributed by atoms with Crippen molar-refractivity contribution >= 4 is 11.8 Å². The number of ketones is 1. The lowest BCUT2D eigenvalue weighted by atomic mass is 9.91. The highest BCUT2D eigenvalue weighted by atomic mass is 16.7. The molecule has 6 aliphatic rings. The maximum Gasteiger partial charge on any atom is 0.340 e. The molecule has 6 saturated heterocycles. The Hall–Kier alpha value is -12.2. The highest BCUT2D eigenvalue weighted by Crippen LogP contribution is 2.44. The van der Waals surface area contributed by atoms with Gasteiger partial charge < -0.3 is 262 Å². The van der Waals surface area contributed by atoms with Gasteiger partial charge in [-0.3, -0.25) is 4.79 Å². The molecule has 60 heteroatoms. The van der Waals surface area contributed by atoms with Crippen LogP contribution in [0.4, 0.5) is 0 Å². The molecule has 6 fully saturated rings. The SMILES string of the molecule is O=C(C[C@@H]1OC(CO)[C@@H](O)[C@H](O)C1O)c1cc(O)c(O)c(O)c1.O=C(O[C@@H]1OC(CO)[C@@H](O)[C@H](O)C1O)c1cc(O)c(O)c(O)c1.OCC1O[C@@H](OCCCc2cc(O)c(O)c(O)c2)C(O)[C@@H](O)[C@@H]1O.OCC1O[C@@H](OCCc2cc(O)c(O)c(O)c2)C(O)[C@@H](O)[C@@H]1O.OCC1O[C@@H](OCc2cn(Cc3cc(O)c(O)c(O)c3)nn2)C(O)[C@@H](O)[C@@H]1O.OCC1O[C@@H](n2cc(-c3cc(O)c(O)c(O)c3)nn2)C(O)[C@@H](O)[C@@H]1O. The zero-order valence-corrected chi connectivity index (χ0v) is 75.7. The molecule has 0 spiro atoms. The third-order valence-electron chi connectivity index (χ3n) is 23.0. The summed E-state index contributed by atoms with van der Waals surface area (Å²) in [6.45, 7) is -3.44. The van der Waals surface area contributed by atoms with E-state index in [1.807, 2.05) is 0 Å². The molecule has 0 aliphatic carbocycles. The van der Waals surface area contributed by atoms with Gasteiger partial charge in [-0.25, -0.2) is 14.2 Å². The summed E-state index contributed by atoms with van der Waals surface area (Å²) in [5.41, 5.74) is 1.72. The zero-order chi connectivity index (χ0) is 108. The minimum absolute atomic E-state index is 0.00759. The number of aliphatic hydroxyl groups excluding tert-OH is 24. The first kappa shape index (κ1) is 117. The van der Waals surface area contributed by atoms with Gasteiger partial charge in [0.1, 0.15) is 158 Å². The fourth-order valence-corrected chi connectivity index (χ4v) is 14.6. The number of carbonyl (C=O) groups is 2. The summed E-state index contributed by atoms with van der Waals surface area (Å²) in [5.74, 6) is -12.7. The van der Waals surface area contributed by atoms with E-state index >= 15 is 0 Å². The number of esters is 1. The molecule has 146 heavy (non-hydrogen) atoms. The summed E-state index contributed by atoms with van der Waals surface area (Å²) < 4.78 is 54.3. The van der Waals surface area contributed by atoms with E-state index in [2.05, 4.69) is 20.6 Å². The Morgan fingerprint density at radius 2 is 0.616 bits per heavy atom. The number of aliphatic hydroxyl groups is 24. The van der Waals surface area contributed by atoms with Gasteiger partial charge in [0.25, 0.3) is 0 Å². The molecular formula is C86H114N6O54. The number of hydrogen-bond acceptors (Lipinski definition) is 58. The highest BCUT2D eigenvalue weighted by molar-refractivity contribution is 5.97. The van der Waals surface area contributed by atoms with E-state index in [1.165, 1.54) is 53.5 Å². The smallest absolute Gasteiger partial charge is 0.340 e. The third-order valence-corrected chi connectivity index (χ3v) is 23.0. The van der Waals surface area contributed by atoms with Crippen LogP contribution < -0.4 is 0 Å². The maximum absolute atomic E-state index is 12.2. The van der Waals surface area contributed by atoms with Crippen LogP contribution >= 0.6 is 0 Å². The number of benzene rings is 6. The van der Waals surface area contributed by atoms with Crippen LogP contribution in [0.1, 0.15) is 62.2 Å². The Morgan fingerprint density at radius 1 is 0.301 bits per heavy atom. The van der Waals surface area contributed by atoms with E-state index in [1.54, 1.807) is 0 Å². The van der Waals surface area contributed by atoms with Crippen LogP contribution in [0.5, 0.6) is 103 Å². The first-order valence-electron chi connectivity index (χ1n) is 43.5. The van der Waals surface area contributed by atoms with Crippen molar-refractivity contribution in [3.05, 3.63) is 119 Å². The number of hydrogen-bond donors (Lipinski definition) is 42. The van der Waals surface area contributed by atoms with E-state index in [9.17, 15) is 199 Å². The Morgan fingerprint density at radius 3 is 1.02 bits per heavy atom. The molecule has 42 N–H and O–H groups in total. The second kappa shape index (κ2) is 52.4. The number of aromatic nitrogens is 6. The summed E-state index contributed by atoms with van der Waals surface area (Å²) in [5, 5.41) is 414. The minimum Gasteiger partial charge on any atom is -0.504 e. The molecule has 14 rings (SSSR count). The maximum atomic E-state index is 12.2. The van der Waals surface area contributed by atoms with Crippen LogP contribution in [-0.2, 0) is 73.4 Å². The molecule has 60 nitrogen and oxygen atoms in total. The van der Waals surface area contributed by atoms with Gasteiger partial charge in [0.2, 0.25) is 6.29 Å². The predicted octanol–water partition coefficient (Wildman–Crippen LogP) is -11.5. The van der Waals surface area contributed by atoms with Gasteiger partial charge in [-0.05, 0) is 109 Å². The van der Waals surface area contributed by atoms with Crippen LogP contribution in [0, 0.1) is 0 Å². The molecular weight excluding hydrogens is 1980 g/mol. The number of carbonyl (C=O) groups excluding carboxylic acids is 2. The normalized spacial score (nSPS) is 30.1. The first-order valence-corrected chi connectivity index (χ1v) is 43.5. The first-order chi connectivity index (χ1) is 68.8. The molecule has 2 aromatic heterocycles.